The quantitative estimate of drug-likeness (QED) is 0.452. The predicted molar refractivity (Wildman–Crippen MR) is 123 cm³/mol. The number of carbonyl (C=O) groups excluding carboxylic acids is 1. The summed E-state index contributed by atoms with van der Waals surface area (Å²) in [5, 5.41) is 16.8. The van der Waals surface area contributed by atoms with Gasteiger partial charge >= 0.3 is 6.18 Å². The van der Waals surface area contributed by atoms with Gasteiger partial charge in [-0.05, 0) is 23.6 Å². The van der Waals surface area contributed by atoms with Crippen LogP contribution in [-0.4, -0.2) is 45.5 Å². The first kappa shape index (κ1) is 24.9. The Labute approximate surface area is 195 Å². The number of amides is 1. The van der Waals surface area contributed by atoms with Crippen molar-refractivity contribution < 1.29 is 23.1 Å². The smallest absolute Gasteiger partial charge is 0.413 e. The number of benzene rings is 1. The zero-order valence-electron chi connectivity index (χ0n) is 18.6. The van der Waals surface area contributed by atoms with Gasteiger partial charge in [-0.3, -0.25) is 14.4 Å². The summed E-state index contributed by atoms with van der Waals surface area (Å²) in [4.78, 5) is 39.4. The number of anilines is 3. The van der Waals surface area contributed by atoms with Crippen LogP contribution in [0.5, 0.6) is 5.75 Å². The molecule has 2 heterocycles. The number of alkyl halides is 3. The number of hydrogen-bond donors (Lipinski definition) is 3. The van der Waals surface area contributed by atoms with Crippen molar-refractivity contribution in [1.82, 2.24) is 14.3 Å². The van der Waals surface area contributed by atoms with Crippen molar-refractivity contribution in [2.75, 3.05) is 24.7 Å². The number of halogens is 3. The molecule has 0 fully saturated rings. The third-order valence-corrected chi connectivity index (χ3v) is 6.03. The second-order valence-corrected chi connectivity index (χ2v) is 8.55. The lowest BCUT2D eigenvalue weighted by Crippen LogP contribution is -2.40. The number of nitrogens with zero attached hydrogens (tertiary/aromatic N) is 3. The van der Waals surface area contributed by atoms with Crippen molar-refractivity contribution >= 4 is 34.3 Å². The molecule has 34 heavy (non-hydrogen) atoms. The average Bonchev–Trinajstić information content (AvgIpc) is 3.29. The number of phenols is 1. The second-order valence-electron chi connectivity index (χ2n) is 7.57. The zero-order valence-corrected chi connectivity index (χ0v) is 19.4. The van der Waals surface area contributed by atoms with Crippen LogP contribution in [-0.2, 0) is 14.1 Å². The Morgan fingerprint density at radius 2 is 1.68 bits per heavy atom. The third-order valence-electron chi connectivity index (χ3n) is 5.09. The van der Waals surface area contributed by atoms with Crippen molar-refractivity contribution in [3.63, 3.8) is 0 Å². The van der Waals surface area contributed by atoms with Crippen molar-refractivity contribution in [3.8, 4) is 5.75 Å². The normalized spacial score (nSPS) is 12.3. The van der Waals surface area contributed by atoms with Crippen LogP contribution in [0.1, 0.15) is 21.3 Å². The summed E-state index contributed by atoms with van der Waals surface area (Å²) < 4.78 is 43.4. The maximum Gasteiger partial charge on any atom is 0.413 e. The Balaban J connectivity index is 2.18. The van der Waals surface area contributed by atoms with Gasteiger partial charge in [-0.1, -0.05) is 12.1 Å². The molecule has 0 aliphatic heterocycles. The molecule has 13 heteroatoms. The molecule has 0 bridgehead atoms. The molecule has 1 atom stereocenters. The van der Waals surface area contributed by atoms with E-state index in [9.17, 15) is 32.7 Å². The van der Waals surface area contributed by atoms with Crippen molar-refractivity contribution in [3.05, 3.63) is 66.9 Å². The minimum Gasteiger partial charge on any atom is -0.505 e. The maximum absolute atomic E-state index is 13.9. The number of carbonyl (C=O) groups is 1. The lowest BCUT2D eigenvalue weighted by Gasteiger charge is -2.24. The molecule has 1 unspecified atom stereocenters. The van der Waals surface area contributed by atoms with Crippen LogP contribution >= 0.6 is 11.3 Å². The molecule has 2 aromatic heterocycles. The topological polar surface area (TPSA) is 109 Å². The van der Waals surface area contributed by atoms with E-state index in [4.69, 9.17) is 0 Å². The lowest BCUT2D eigenvalue weighted by atomic mass is 10.1. The van der Waals surface area contributed by atoms with Crippen molar-refractivity contribution in [1.29, 1.82) is 0 Å². The molecule has 0 aliphatic carbocycles. The molecular formula is C21H22F3N5O4S. The standard InChI is InChI=1S/C21H22F3N5O4S/c1-27(2)18(31)11-7-5-8-12(16(11)30)25-14-15(20(33)29(4)28(3)19(14)32)26-17(21(22,23)24)13-9-6-10-34-13/h5-10,17,25-26,30H,1-4H3. The first-order valence-corrected chi connectivity index (χ1v) is 10.7. The number of thiophene rings is 1. The van der Waals surface area contributed by atoms with Crippen LogP contribution in [0.2, 0.25) is 0 Å². The molecule has 0 saturated heterocycles. The summed E-state index contributed by atoms with van der Waals surface area (Å²) in [6.07, 6.45) is -4.78. The van der Waals surface area contributed by atoms with Crippen LogP contribution in [0.3, 0.4) is 0 Å². The van der Waals surface area contributed by atoms with Gasteiger partial charge in [0.25, 0.3) is 17.0 Å². The predicted octanol–water partition coefficient (Wildman–Crippen LogP) is 3.01. The monoisotopic (exact) mass is 497 g/mol. The van der Waals surface area contributed by atoms with E-state index in [1.54, 1.807) is 0 Å². The third kappa shape index (κ3) is 4.64. The number of aromatic nitrogens is 2. The van der Waals surface area contributed by atoms with E-state index in [1.807, 2.05) is 0 Å². The van der Waals surface area contributed by atoms with Gasteiger partial charge in [0.15, 0.2) is 11.8 Å². The number of para-hydroxylation sites is 1. The van der Waals surface area contributed by atoms with Crippen LogP contribution in [0.15, 0.2) is 45.3 Å². The minimum absolute atomic E-state index is 0.100. The van der Waals surface area contributed by atoms with Gasteiger partial charge in [-0.25, -0.2) is 9.36 Å². The SMILES string of the molecule is CN(C)C(=O)c1cccc(Nc2c(NC(c3cccs3)C(F)(F)F)c(=O)n(C)n(C)c2=O)c1O. The van der Waals surface area contributed by atoms with E-state index in [0.717, 1.165) is 20.7 Å². The lowest BCUT2D eigenvalue weighted by molar-refractivity contribution is -0.143. The molecular weight excluding hydrogens is 475 g/mol. The molecule has 182 valence electrons. The van der Waals surface area contributed by atoms with Gasteiger partial charge in [-0.15, -0.1) is 11.3 Å². The van der Waals surface area contributed by atoms with Gasteiger partial charge in [-0.2, -0.15) is 13.2 Å². The number of rotatable bonds is 6. The fraction of sp³-hybridized carbons (Fsp3) is 0.286. The van der Waals surface area contributed by atoms with Gasteiger partial charge in [0.05, 0.1) is 11.3 Å². The van der Waals surface area contributed by atoms with Gasteiger partial charge in [0.1, 0.15) is 11.4 Å². The Kier molecular flexibility index (Phi) is 6.77. The minimum atomic E-state index is -4.78. The van der Waals surface area contributed by atoms with E-state index in [-0.39, 0.29) is 16.1 Å². The van der Waals surface area contributed by atoms with Crippen LogP contribution in [0.4, 0.5) is 30.2 Å². The highest BCUT2D eigenvalue weighted by atomic mass is 32.1. The zero-order chi connectivity index (χ0) is 25.4. The molecule has 0 aliphatic rings. The Bertz CT molecular complexity index is 1330. The molecule has 0 spiro atoms. The number of phenolic OH excluding ortho intramolecular Hbond substituents is 1. The Morgan fingerprint density at radius 3 is 2.21 bits per heavy atom. The molecule has 0 radical (unpaired) electrons. The summed E-state index contributed by atoms with van der Waals surface area (Å²) >= 11 is 0.837. The Morgan fingerprint density at radius 1 is 1.06 bits per heavy atom. The van der Waals surface area contributed by atoms with E-state index in [2.05, 4.69) is 10.6 Å². The van der Waals surface area contributed by atoms with Crippen LogP contribution < -0.4 is 21.8 Å². The van der Waals surface area contributed by atoms with Gasteiger partial charge < -0.3 is 20.6 Å². The number of aromatic hydroxyl groups is 1. The van der Waals surface area contributed by atoms with E-state index < -0.39 is 46.4 Å². The maximum atomic E-state index is 13.9. The highest BCUT2D eigenvalue weighted by Gasteiger charge is 2.42. The van der Waals surface area contributed by atoms with Crippen LogP contribution in [0, 0.1) is 0 Å². The molecule has 3 rings (SSSR count). The summed E-state index contributed by atoms with van der Waals surface area (Å²) in [6, 6.07) is 4.53. The molecule has 1 aromatic carbocycles. The summed E-state index contributed by atoms with van der Waals surface area (Å²) in [5.74, 6) is -1.06. The fourth-order valence-electron chi connectivity index (χ4n) is 3.17. The summed E-state index contributed by atoms with van der Waals surface area (Å²) in [7, 11) is 5.45. The molecule has 9 nitrogen and oxygen atoms in total. The largest absolute Gasteiger partial charge is 0.505 e. The second kappa shape index (κ2) is 9.25. The van der Waals surface area contributed by atoms with Gasteiger partial charge in [0, 0.05) is 33.1 Å². The molecule has 0 saturated carbocycles. The molecule has 3 aromatic rings. The summed E-state index contributed by atoms with van der Waals surface area (Å²) in [5.41, 5.74) is -3.13. The van der Waals surface area contributed by atoms with Crippen molar-refractivity contribution in [2.24, 2.45) is 14.1 Å². The number of nitrogens with one attached hydrogen (secondary N) is 2. The highest BCUT2D eigenvalue weighted by molar-refractivity contribution is 7.10. The van der Waals surface area contributed by atoms with E-state index in [1.165, 1.54) is 68.8 Å². The first-order valence-electron chi connectivity index (χ1n) is 9.82. The highest BCUT2D eigenvalue weighted by Crippen LogP contribution is 2.39. The van der Waals surface area contributed by atoms with E-state index in [0.29, 0.717) is 0 Å². The van der Waals surface area contributed by atoms with E-state index >= 15 is 0 Å². The van der Waals surface area contributed by atoms with Crippen LogP contribution in [0.25, 0.3) is 0 Å². The molecule has 3 N–H and O–H groups in total. The molecule has 1 amide bonds. The average molecular weight is 497 g/mol. The van der Waals surface area contributed by atoms with Gasteiger partial charge in [0.2, 0.25) is 0 Å². The fourth-order valence-corrected chi connectivity index (χ4v) is 3.97. The Hall–Kier alpha value is -3.74. The summed E-state index contributed by atoms with van der Waals surface area (Å²) in [6.45, 7) is 0. The number of hydrogen-bond acceptors (Lipinski definition) is 7. The van der Waals surface area contributed by atoms with Crippen molar-refractivity contribution in [2.45, 2.75) is 12.2 Å². The first-order chi connectivity index (χ1) is 15.8.